The molecule has 0 spiro atoms. The molecule has 0 atom stereocenters. The first-order chi connectivity index (χ1) is 10.3. The van der Waals surface area contributed by atoms with Gasteiger partial charge in [0, 0.05) is 26.2 Å². The van der Waals surface area contributed by atoms with Gasteiger partial charge in [0.1, 0.15) is 5.82 Å². The molecule has 21 heavy (non-hydrogen) atoms. The monoisotopic (exact) mass is 286 g/mol. The lowest BCUT2D eigenvalue weighted by Gasteiger charge is -2.23. The molecule has 1 fully saturated rings. The van der Waals surface area contributed by atoms with E-state index in [4.69, 9.17) is 4.98 Å². The smallest absolute Gasteiger partial charge is 0.123 e. The van der Waals surface area contributed by atoms with Crippen molar-refractivity contribution in [2.45, 2.75) is 38.3 Å². The van der Waals surface area contributed by atoms with Crippen LogP contribution < -0.4 is 5.32 Å². The van der Waals surface area contributed by atoms with Crippen molar-refractivity contribution in [3.63, 3.8) is 0 Å². The largest absolute Gasteiger partial charge is 0.330 e. The topological polar surface area (TPSA) is 33.1 Å². The third-order valence-corrected chi connectivity index (χ3v) is 4.75. The molecule has 0 aliphatic heterocycles. The highest BCUT2D eigenvalue weighted by atomic mass is 15.2. The van der Waals surface area contributed by atoms with Crippen molar-refractivity contribution in [3.8, 4) is 0 Å². The lowest BCUT2D eigenvalue weighted by Crippen LogP contribution is -2.35. The Morgan fingerprint density at radius 3 is 2.81 bits per heavy atom. The first-order valence-corrected chi connectivity index (χ1v) is 8.07. The van der Waals surface area contributed by atoms with Gasteiger partial charge in [0.05, 0.1) is 17.6 Å². The Bertz CT molecular complexity index is 583. The van der Waals surface area contributed by atoms with Crippen molar-refractivity contribution in [1.82, 2.24) is 19.8 Å². The summed E-state index contributed by atoms with van der Waals surface area (Å²) in [5, 5.41) is 3.53. The fraction of sp³-hybridized carbons (Fsp3) is 0.588. The van der Waals surface area contributed by atoms with E-state index in [1.807, 2.05) is 6.07 Å². The summed E-state index contributed by atoms with van der Waals surface area (Å²) >= 11 is 0. The average Bonchev–Trinajstić information content (AvgIpc) is 3.13. The maximum absolute atomic E-state index is 4.69. The van der Waals surface area contributed by atoms with Crippen molar-refractivity contribution in [3.05, 3.63) is 30.1 Å². The van der Waals surface area contributed by atoms with E-state index in [0.717, 1.165) is 37.0 Å². The van der Waals surface area contributed by atoms with Crippen LogP contribution in [0.5, 0.6) is 0 Å². The van der Waals surface area contributed by atoms with Crippen LogP contribution in [0.25, 0.3) is 11.0 Å². The highest BCUT2D eigenvalue weighted by Crippen LogP contribution is 2.21. The summed E-state index contributed by atoms with van der Waals surface area (Å²) < 4.78 is 2.18. The molecular weight excluding hydrogens is 260 g/mol. The molecule has 4 nitrogen and oxygen atoms in total. The second-order valence-electron chi connectivity index (χ2n) is 6.17. The van der Waals surface area contributed by atoms with Gasteiger partial charge in [-0.15, -0.1) is 0 Å². The van der Waals surface area contributed by atoms with E-state index in [0.29, 0.717) is 0 Å². The molecule has 2 aromatic rings. The number of imidazole rings is 1. The zero-order valence-electron chi connectivity index (χ0n) is 13.2. The Morgan fingerprint density at radius 2 is 2.05 bits per heavy atom. The van der Waals surface area contributed by atoms with E-state index in [2.05, 4.69) is 47.1 Å². The van der Waals surface area contributed by atoms with E-state index in [1.54, 1.807) is 0 Å². The minimum absolute atomic E-state index is 0.808. The molecule has 4 heteroatoms. The quantitative estimate of drug-likeness (QED) is 0.828. The van der Waals surface area contributed by atoms with Gasteiger partial charge >= 0.3 is 0 Å². The Balaban J connectivity index is 1.49. The zero-order chi connectivity index (χ0) is 14.7. The van der Waals surface area contributed by atoms with E-state index < -0.39 is 0 Å². The van der Waals surface area contributed by atoms with Gasteiger partial charge in [0.25, 0.3) is 0 Å². The van der Waals surface area contributed by atoms with Crippen molar-refractivity contribution in [2.24, 2.45) is 7.05 Å². The molecule has 1 N–H and O–H groups in total. The van der Waals surface area contributed by atoms with Gasteiger partial charge in [-0.25, -0.2) is 4.98 Å². The molecule has 114 valence electrons. The fourth-order valence-electron chi connectivity index (χ4n) is 3.34. The number of likely N-dealkylation sites (N-methyl/N-ethyl adjacent to an activating group) is 1. The van der Waals surface area contributed by atoms with Crippen molar-refractivity contribution in [1.29, 1.82) is 0 Å². The second kappa shape index (κ2) is 6.58. The molecule has 0 amide bonds. The maximum atomic E-state index is 4.69. The van der Waals surface area contributed by atoms with Crippen LogP contribution >= 0.6 is 0 Å². The van der Waals surface area contributed by atoms with E-state index in [9.17, 15) is 0 Å². The normalized spacial score (nSPS) is 16.3. The predicted molar refractivity (Wildman–Crippen MR) is 87.3 cm³/mol. The lowest BCUT2D eigenvalue weighted by molar-refractivity contribution is 0.245. The van der Waals surface area contributed by atoms with E-state index >= 15 is 0 Å². The molecule has 1 saturated carbocycles. The second-order valence-corrected chi connectivity index (χ2v) is 6.17. The predicted octanol–water partition coefficient (Wildman–Crippen LogP) is 2.54. The van der Waals surface area contributed by atoms with Gasteiger partial charge in [0.15, 0.2) is 0 Å². The number of aromatic nitrogens is 2. The highest BCUT2D eigenvalue weighted by molar-refractivity contribution is 5.75. The number of nitrogens with zero attached hydrogens (tertiary/aromatic N) is 3. The van der Waals surface area contributed by atoms with Crippen LogP contribution in [-0.2, 0) is 13.6 Å². The highest BCUT2D eigenvalue weighted by Gasteiger charge is 2.18. The first-order valence-electron chi connectivity index (χ1n) is 8.07. The van der Waals surface area contributed by atoms with Crippen molar-refractivity contribution >= 4 is 11.0 Å². The fourth-order valence-corrected chi connectivity index (χ4v) is 3.34. The lowest BCUT2D eigenvalue weighted by atomic mass is 10.2. The molecule has 3 rings (SSSR count). The Labute approximate surface area is 127 Å². The number of fused-ring (bicyclic) bond motifs is 1. The zero-order valence-corrected chi connectivity index (χ0v) is 13.2. The molecule has 1 heterocycles. The van der Waals surface area contributed by atoms with Crippen LogP contribution in [0, 0.1) is 0 Å². The van der Waals surface area contributed by atoms with Gasteiger partial charge in [-0.3, -0.25) is 0 Å². The summed E-state index contributed by atoms with van der Waals surface area (Å²) in [6, 6.07) is 9.12. The standard InChI is InChI=1S/C17H26N4/c1-20(14-7-3-4-8-14)12-11-18-13-17-19-15-9-5-6-10-16(15)21(17)2/h5-6,9-10,14,18H,3-4,7-8,11-13H2,1-2H3. The molecule has 0 radical (unpaired) electrons. The maximum Gasteiger partial charge on any atom is 0.123 e. The molecule has 1 aromatic heterocycles. The van der Waals surface area contributed by atoms with Crippen LogP contribution in [0.3, 0.4) is 0 Å². The summed E-state index contributed by atoms with van der Waals surface area (Å²) in [6.07, 6.45) is 5.56. The summed E-state index contributed by atoms with van der Waals surface area (Å²) in [7, 11) is 4.35. The number of rotatable bonds is 6. The number of benzene rings is 1. The number of aryl methyl sites for hydroxylation is 1. The number of para-hydroxylation sites is 2. The average molecular weight is 286 g/mol. The Kier molecular flexibility index (Phi) is 4.56. The van der Waals surface area contributed by atoms with E-state index in [1.165, 1.54) is 31.2 Å². The van der Waals surface area contributed by atoms with Crippen LogP contribution in [0.4, 0.5) is 0 Å². The van der Waals surface area contributed by atoms with Crippen LogP contribution in [0.2, 0.25) is 0 Å². The minimum Gasteiger partial charge on any atom is -0.330 e. The van der Waals surface area contributed by atoms with Gasteiger partial charge in [-0.2, -0.15) is 0 Å². The third-order valence-electron chi connectivity index (χ3n) is 4.75. The summed E-state index contributed by atoms with van der Waals surface area (Å²) in [5.74, 6) is 1.11. The van der Waals surface area contributed by atoms with Gasteiger partial charge in [-0.1, -0.05) is 25.0 Å². The Morgan fingerprint density at radius 1 is 1.29 bits per heavy atom. The summed E-state index contributed by atoms with van der Waals surface area (Å²) in [5.41, 5.74) is 2.29. The van der Waals surface area contributed by atoms with E-state index in [-0.39, 0.29) is 0 Å². The molecule has 1 aliphatic rings. The minimum atomic E-state index is 0.808. The van der Waals surface area contributed by atoms with Crippen LogP contribution in [0.1, 0.15) is 31.5 Å². The summed E-state index contributed by atoms with van der Waals surface area (Å²) in [6.45, 7) is 2.98. The van der Waals surface area contributed by atoms with Crippen LogP contribution in [-0.4, -0.2) is 40.6 Å². The first kappa shape index (κ1) is 14.5. The SMILES string of the molecule is CN(CCNCc1nc2ccccc2n1C)C1CCCC1. The molecule has 0 bridgehead atoms. The number of nitrogens with one attached hydrogen (secondary N) is 1. The molecule has 0 saturated heterocycles. The Hall–Kier alpha value is -1.39. The summed E-state index contributed by atoms with van der Waals surface area (Å²) in [4.78, 5) is 7.20. The van der Waals surface area contributed by atoms with Gasteiger partial charge < -0.3 is 14.8 Å². The molecular formula is C17H26N4. The third kappa shape index (κ3) is 3.27. The van der Waals surface area contributed by atoms with Crippen molar-refractivity contribution in [2.75, 3.05) is 20.1 Å². The number of hydrogen-bond acceptors (Lipinski definition) is 3. The van der Waals surface area contributed by atoms with Crippen molar-refractivity contribution < 1.29 is 0 Å². The van der Waals surface area contributed by atoms with Gasteiger partial charge in [-0.05, 0) is 32.0 Å². The number of hydrogen-bond donors (Lipinski definition) is 1. The molecule has 0 unspecified atom stereocenters. The molecule has 1 aliphatic carbocycles. The van der Waals surface area contributed by atoms with Gasteiger partial charge in [0.2, 0.25) is 0 Å². The van der Waals surface area contributed by atoms with Crippen LogP contribution in [0.15, 0.2) is 24.3 Å². The molecule has 1 aromatic carbocycles.